The molecule has 1 amide bonds. The lowest BCUT2D eigenvalue weighted by molar-refractivity contribution is 0.0720. The summed E-state index contributed by atoms with van der Waals surface area (Å²) in [5.41, 5.74) is 1.36. The Balaban J connectivity index is 2.88. The van der Waals surface area contributed by atoms with Crippen molar-refractivity contribution in [3.8, 4) is 0 Å². The number of hydrogen-bond donors (Lipinski definition) is 2. The third-order valence-electron chi connectivity index (χ3n) is 2.86. The monoisotopic (exact) mass is 265 g/mol. The fourth-order valence-electron chi connectivity index (χ4n) is 1.86. The zero-order valence-electron chi connectivity index (χ0n) is 11.7. The van der Waals surface area contributed by atoms with Crippen molar-refractivity contribution in [1.82, 2.24) is 9.88 Å². The Labute approximate surface area is 114 Å². The van der Waals surface area contributed by atoms with Crippen molar-refractivity contribution < 1.29 is 9.90 Å². The quantitative estimate of drug-likeness (QED) is 0.751. The molecule has 1 aromatic rings. The molecule has 1 rings (SSSR count). The standard InChI is InChI=1S/C14H23N3O2/c1-3-5-8-17(9-10-18)14(19)12-11-15-7-6-13(12)16-4-2/h6-7,11,18H,3-5,8-10H2,1-2H3,(H,15,16). The first-order valence-electron chi connectivity index (χ1n) is 6.82. The van der Waals surface area contributed by atoms with Gasteiger partial charge in [-0.2, -0.15) is 0 Å². The molecule has 5 nitrogen and oxygen atoms in total. The van der Waals surface area contributed by atoms with Crippen molar-refractivity contribution in [2.24, 2.45) is 0 Å². The molecule has 0 aromatic carbocycles. The second kappa shape index (κ2) is 8.48. The minimum absolute atomic E-state index is 0.0216. The lowest BCUT2D eigenvalue weighted by Crippen LogP contribution is -2.35. The highest BCUT2D eigenvalue weighted by atomic mass is 16.3. The summed E-state index contributed by atoms with van der Waals surface area (Å²) < 4.78 is 0. The molecule has 0 aliphatic rings. The first-order valence-corrected chi connectivity index (χ1v) is 6.82. The summed E-state index contributed by atoms with van der Waals surface area (Å²) in [5, 5.41) is 12.2. The molecule has 0 bridgehead atoms. The van der Waals surface area contributed by atoms with Crippen molar-refractivity contribution in [3.05, 3.63) is 24.0 Å². The first-order chi connectivity index (χ1) is 9.24. The molecule has 106 valence electrons. The summed E-state index contributed by atoms with van der Waals surface area (Å²) in [7, 11) is 0. The third kappa shape index (κ3) is 4.52. The van der Waals surface area contributed by atoms with Crippen LogP contribution in [-0.2, 0) is 0 Å². The van der Waals surface area contributed by atoms with E-state index in [0.29, 0.717) is 18.7 Å². The molecule has 0 aliphatic carbocycles. The number of aromatic nitrogens is 1. The van der Waals surface area contributed by atoms with Crippen molar-refractivity contribution in [1.29, 1.82) is 0 Å². The summed E-state index contributed by atoms with van der Waals surface area (Å²) in [6, 6.07) is 1.80. The molecule has 0 saturated carbocycles. The predicted molar refractivity (Wildman–Crippen MR) is 76.3 cm³/mol. The molecular weight excluding hydrogens is 242 g/mol. The zero-order valence-corrected chi connectivity index (χ0v) is 11.7. The molecular formula is C14H23N3O2. The zero-order chi connectivity index (χ0) is 14.1. The lowest BCUT2D eigenvalue weighted by Gasteiger charge is -2.22. The van der Waals surface area contributed by atoms with Gasteiger partial charge in [0.2, 0.25) is 0 Å². The van der Waals surface area contributed by atoms with Crippen LogP contribution in [0.25, 0.3) is 0 Å². The maximum atomic E-state index is 12.5. The average molecular weight is 265 g/mol. The number of carbonyl (C=O) groups is 1. The Morgan fingerprint density at radius 2 is 2.21 bits per heavy atom. The summed E-state index contributed by atoms with van der Waals surface area (Å²) in [4.78, 5) is 18.2. The second-order valence-corrected chi connectivity index (χ2v) is 4.32. The maximum absolute atomic E-state index is 12.5. The van der Waals surface area contributed by atoms with E-state index in [1.807, 2.05) is 6.92 Å². The van der Waals surface area contributed by atoms with Gasteiger partial charge in [0, 0.05) is 32.0 Å². The Kier molecular flexibility index (Phi) is 6.89. The third-order valence-corrected chi connectivity index (χ3v) is 2.86. The van der Waals surface area contributed by atoms with Crippen LogP contribution in [0.5, 0.6) is 0 Å². The highest BCUT2D eigenvalue weighted by molar-refractivity contribution is 5.99. The van der Waals surface area contributed by atoms with E-state index >= 15 is 0 Å². The van der Waals surface area contributed by atoms with Crippen molar-refractivity contribution >= 4 is 11.6 Å². The van der Waals surface area contributed by atoms with Gasteiger partial charge in [-0.05, 0) is 19.4 Å². The van der Waals surface area contributed by atoms with Gasteiger partial charge >= 0.3 is 0 Å². The summed E-state index contributed by atoms with van der Waals surface area (Å²) >= 11 is 0. The number of anilines is 1. The van der Waals surface area contributed by atoms with Gasteiger partial charge < -0.3 is 15.3 Å². The number of nitrogens with one attached hydrogen (secondary N) is 1. The molecule has 0 unspecified atom stereocenters. The van der Waals surface area contributed by atoms with Gasteiger partial charge in [-0.1, -0.05) is 13.3 Å². The first kappa shape index (κ1) is 15.4. The highest BCUT2D eigenvalue weighted by Crippen LogP contribution is 2.16. The minimum atomic E-state index is -0.0773. The van der Waals surface area contributed by atoms with E-state index in [1.165, 1.54) is 0 Å². The van der Waals surface area contributed by atoms with E-state index in [4.69, 9.17) is 5.11 Å². The van der Waals surface area contributed by atoms with Crippen LogP contribution < -0.4 is 5.32 Å². The molecule has 19 heavy (non-hydrogen) atoms. The largest absolute Gasteiger partial charge is 0.395 e. The van der Waals surface area contributed by atoms with E-state index in [9.17, 15) is 4.79 Å². The molecule has 0 atom stereocenters. The van der Waals surface area contributed by atoms with Crippen molar-refractivity contribution in [2.75, 3.05) is 31.6 Å². The maximum Gasteiger partial charge on any atom is 0.257 e. The number of aliphatic hydroxyl groups is 1. The van der Waals surface area contributed by atoms with Crippen LogP contribution in [0, 0.1) is 0 Å². The van der Waals surface area contributed by atoms with Crippen LogP contribution in [0.4, 0.5) is 5.69 Å². The van der Waals surface area contributed by atoms with Gasteiger partial charge in [0.15, 0.2) is 0 Å². The smallest absolute Gasteiger partial charge is 0.257 e. The normalized spacial score (nSPS) is 10.3. The van der Waals surface area contributed by atoms with E-state index in [2.05, 4.69) is 17.2 Å². The van der Waals surface area contributed by atoms with Gasteiger partial charge in [0.05, 0.1) is 17.9 Å². The fourth-order valence-corrected chi connectivity index (χ4v) is 1.86. The van der Waals surface area contributed by atoms with E-state index in [0.717, 1.165) is 25.1 Å². The molecule has 0 saturated heterocycles. The van der Waals surface area contributed by atoms with Crippen LogP contribution in [0.1, 0.15) is 37.0 Å². The van der Waals surface area contributed by atoms with Gasteiger partial charge in [-0.25, -0.2) is 0 Å². The topological polar surface area (TPSA) is 65.5 Å². The van der Waals surface area contributed by atoms with E-state index in [-0.39, 0.29) is 12.5 Å². The van der Waals surface area contributed by atoms with Crippen molar-refractivity contribution in [2.45, 2.75) is 26.7 Å². The Bertz CT molecular complexity index is 396. The molecule has 0 radical (unpaired) electrons. The number of aliphatic hydroxyl groups excluding tert-OH is 1. The summed E-state index contributed by atoms with van der Waals surface area (Å²) in [5.74, 6) is -0.0773. The van der Waals surface area contributed by atoms with Crippen LogP contribution in [-0.4, -0.2) is 47.1 Å². The fraction of sp³-hybridized carbons (Fsp3) is 0.571. The van der Waals surface area contributed by atoms with Crippen molar-refractivity contribution in [3.63, 3.8) is 0 Å². The number of carbonyl (C=O) groups excluding carboxylic acids is 1. The molecule has 1 heterocycles. The SMILES string of the molecule is CCCCN(CCO)C(=O)c1cnccc1NCC. The highest BCUT2D eigenvalue weighted by Gasteiger charge is 2.18. The van der Waals surface area contributed by atoms with Gasteiger partial charge in [-0.3, -0.25) is 9.78 Å². The number of pyridine rings is 1. The van der Waals surface area contributed by atoms with E-state index in [1.54, 1.807) is 23.4 Å². The Hall–Kier alpha value is -1.62. The summed E-state index contributed by atoms with van der Waals surface area (Å²) in [6.07, 6.45) is 5.19. The number of hydrogen-bond acceptors (Lipinski definition) is 4. The molecule has 0 spiro atoms. The van der Waals surface area contributed by atoms with Crippen LogP contribution in [0.3, 0.4) is 0 Å². The summed E-state index contributed by atoms with van der Waals surface area (Å²) in [6.45, 7) is 5.81. The molecule has 0 aliphatic heterocycles. The van der Waals surface area contributed by atoms with Gasteiger partial charge in [0.1, 0.15) is 0 Å². The number of nitrogens with zero attached hydrogens (tertiary/aromatic N) is 2. The predicted octanol–water partition coefficient (Wildman–Crippen LogP) is 1.75. The molecule has 5 heteroatoms. The molecule has 2 N–H and O–H groups in total. The van der Waals surface area contributed by atoms with E-state index < -0.39 is 0 Å². The van der Waals surface area contributed by atoms with Gasteiger partial charge in [-0.15, -0.1) is 0 Å². The molecule has 1 aromatic heterocycles. The molecule has 0 fully saturated rings. The second-order valence-electron chi connectivity index (χ2n) is 4.32. The minimum Gasteiger partial charge on any atom is -0.395 e. The number of amides is 1. The number of unbranched alkanes of at least 4 members (excludes halogenated alkanes) is 1. The van der Waals surface area contributed by atoms with Gasteiger partial charge in [0.25, 0.3) is 5.91 Å². The number of rotatable bonds is 8. The lowest BCUT2D eigenvalue weighted by atomic mass is 10.2. The Morgan fingerprint density at radius 1 is 1.42 bits per heavy atom. The van der Waals surface area contributed by atoms with Crippen LogP contribution in [0.2, 0.25) is 0 Å². The van der Waals surface area contributed by atoms with Crippen LogP contribution in [0.15, 0.2) is 18.5 Å². The Morgan fingerprint density at radius 3 is 2.84 bits per heavy atom. The average Bonchev–Trinajstić information content (AvgIpc) is 2.44. The van der Waals surface area contributed by atoms with Crippen LogP contribution >= 0.6 is 0 Å².